The molecule has 3 aromatic rings. The number of rotatable bonds is 8. The van der Waals surface area contributed by atoms with Gasteiger partial charge in [-0.05, 0) is 71.8 Å². The molecule has 3 rings (SSSR count). The molecular formula is C22H17Cl3N2O2S. The van der Waals surface area contributed by atoms with Crippen LogP contribution in [-0.4, -0.2) is 17.9 Å². The highest BCUT2D eigenvalue weighted by Gasteiger charge is 2.03. The highest BCUT2D eigenvalue weighted by Crippen LogP contribution is 2.23. The van der Waals surface area contributed by atoms with Crippen LogP contribution in [0.15, 0.2) is 76.7 Å². The Labute approximate surface area is 194 Å². The monoisotopic (exact) mass is 478 g/mol. The predicted octanol–water partition coefficient (Wildman–Crippen LogP) is 6.47. The summed E-state index contributed by atoms with van der Waals surface area (Å²) < 4.78 is 5.74. The van der Waals surface area contributed by atoms with E-state index in [1.165, 1.54) is 11.8 Å². The van der Waals surface area contributed by atoms with Crippen LogP contribution in [-0.2, 0) is 11.4 Å². The number of benzene rings is 3. The lowest BCUT2D eigenvalue weighted by atomic mass is 10.2. The first-order valence-electron chi connectivity index (χ1n) is 8.87. The van der Waals surface area contributed by atoms with Gasteiger partial charge in [-0.15, -0.1) is 11.8 Å². The number of nitrogens with one attached hydrogen (secondary N) is 1. The molecule has 0 aliphatic heterocycles. The van der Waals surface area contributed by atoms with Crippen LogP contribution in [0, 0.1) is 0 Å². The summed E-state index contributed by atoms with van der Waals surface area (Å²) in [5.41, 5.74) is 4.27. The summed E-state index contributed by atoms with van der Waals surface area (Å²) in [7, 11) is 0. The quantitative estimate of drug-likeness (QED) is 0.229. The Kier molecular flexibility index (Phi) is 8.46. The van der Waals surface area contributed by atoms with Gasteiger partial charge < -0.3 is 4.74 Å². The van der Waals surface area contributed by atoms with Gasteiger partial charge in [0, 0.05) is 9.92 Å². The van der Waals surface area contributed by atoms with Crippen molar-refractivity contribution in [1.82, 2.24) is 5.43 Å². The number of amides is 1. The number of hydrogen-bond acceptors (Lipinski definition) is 4. The number of carbonyl (C=O) groups excluding carboxylic acids is 1. The van der Waals surface area contributed by atoms with Gasteiger partial charge in [0.25, 0.3) is 0 Å². The Bertz CT molecular complexity index is 1030. The Morgan fingerprint density at radius 1 is 0.967 bits per heavy atom. The summed E-state index contributed by atoms with van der Waals surface area (Å²) in [6, 6.07) is 20.1. The molecule has 0 atom stereocenters. The number of nitrogens with zero attached hydrogens (tertiary/aromatic N) is 1. The molecule has 0 aliphatic rings. The molecule has 30 heavy (non-hydrogen) atoms. The highest BCUT2D eigenvalue weighted by atomic mass is 35.5. The third-order valence-electron chi connectivity index (χ3n) is 3.86. The zero-order valence-electron chi connectivity index (χ0n) is 15.6. The first-order chi connectivity index (χ1) is 14.5. The molecule has 0 heterocycles. The molecule has 0 fully saturated rings. The molecular weight excluding hydrogens is 463 g/mol. The Morgan fingerprint density at radius 3 is 2.40 bits per heavy atom. The van der Waals surface area contributed by atoms with Crippen LogP contribution in [0.5, 0.6) is 5.75 Å². The van der Waals surface area contributed by atoms with Crippen molar-refractivity contribution < 1.29 is 9.53 Å². The van der Waals surface area contributed by atoms with E-state index in [9.17, 15) is 4.79 Å². The lowest BCUT2D eigenvalue weighted by molar-refractivity contribution is -0.118. The van der Waals surface area contributed by atoms with Crippen molar-refractivity contribution in [3.05, 3.63) is 92.9 Å². The summed E-state index contributed by atoms with van der Waals surface area (Å²) >= 11 is 19.2. The molecule has 0 aliphatic carbocycles. The van der Waals surface area contributed by atoms with Crippen LogP contribution < -0.4 is 10.2 Å². The molecule has 1 N–H and O–H groups in total. The molecule has 0 saturated heterocycles. The van der Waals surface area contributed by atoms with E-state index in [1.807, 2.05) is 42.5 Å². The molecule has 0 radical (unpaired) electrons. The fraction of sp³-hybridized carbons (Fsp3) is 0.0909. The number of thioether (sulfide) groups is 1. The number of carbonyl (C=O) groups is 1. The largest absolute Gasteiger partial charge is 0.489 e. The van der Waals surface area contributed by atoms with E-state index in [2.05, 4.69) is 10.5 Å². The summed E-state index contributed by atoms with van der Waals surface area (Å²) in [6.45, 7) is 0.381. The van der Waals surface area contributed by atoms with E-state index in [0.717, 1.165) is 16.0 Å². The summed E-state index contributed by atoms with van der Waals surface area (Å²) in [4.78, 5) is 12.9. The normalized spacial score (nSPS) is 10.9. The lowest BCUT2D eigenvalue weighted by Gasteiger charge is -2.07. The zero-order chi connectivity index (χ0) is 21.3. The van der Waals surface area contributed by atoms with E-state index in [1.54, 1.807) is 30.5 Å². The molecule has 0 saturated carbocycles. The van der Waals surface area contributed by atoms with Crippen molar-refractivity contribution >= 4 is 58.7 Å². The van der Waals surface area contributed by atoms with Crippen LogP contribution in [0.25, 0.3) is 0 Å². The third kappa shape index (κ3) is 7.26. The average Bonchev–Trinajstić information content (AvgIpc) is 2.75. The van der Waals surface area contributed by atoms with Gasteiger partial charge in [-0.2, -0.15) is 5.10 Å². The standard InChI is InChI=1S/C22H17Cl3N2O2S/c23-17-4-8-19(9-5-17)30-14-22(28)27-26-12-15-1-6-18(7-2-15)29-13-16-3-10-20(24)21(25)11-16/h1-12H,13-14H2,(H,27,28)/b26-12+. The second kappa shape index (κ2) is 11.3. The third-order valence-corrected chi connectivity index (χ3v) is 5.86. The van der Waals surface area contributed by atoms with E-state index in [0.29, 0.717) is 27.4 Å². The topological polar surface area (TPSA) is 50.7 Å². The highest BCUT2D eigenvalue weighted by molar-refractivity contribution is 8.00. The average molecular weight is 480 g/mol. The second-order valence-corrected chi connectivity index (χ2v) is 8.44. The Morgan fingerprint density at radius 2 is 1.70 bits per heavy atom. The Hall–Kier alpha value is -2.18. The van der Waals surface area contributed by atoms with Crippen molar-refractivity contribution in [3.8, 4) is 5.75 Å². The molecule has 0 aromatic heterocycles. The minimum Gasteiger partial charge on any atom is -0.489 e. The van der Waals surface area contributed by atoms with Crippen molar-refractivity contribution in [1.29, 1.82) is 0 Å². The van der Waals surface area contributed by atoms with E-state index >= 15 is 0 Å². The van der Waals surface area contributed by atoms with Gasteiger partial charge >= 0.3 is 0 Å². The number of ether oxygens (including phenoxy) is 1. The summed E-state index contributed by atoms with van der Waals surface area (Å²) in [6.07, 6.45) is 1.58. The molecule has 1 amide bonds. The maximum Gasteiger partial charge on any atom is 0.250 e. The predicted molar refractivity (Wildman–Crippen MR) is 125 cm³/mol. The van der Waals surface area contributed by atoms with Gasteiger partial charge in [0.05, 0.1) is 22.0 Å². The molecule has 4 nitrogen and oxygen atoms in total. The zero-order valence-corrected chi connectivity index (χ0v) is 18.7. The first-order valence-corrected chi connectivity index (χ1v) is 11.0. The van der Waals surface area contributed by atoms with E-state index in [4.69, 9.17) is 39.5 Å². The minimum absolute atomic E-state index is 0.187. The van der Waals surface area contributed by atoms with Crippen LogP contribution in [0.3, 0.4) is 0 Å². The van der Waals surface area contributed by atoms with Gasteiger partial charge in [-0.3, -0.25) is 4.79 Å². The van der Waals surface area contributed by atoms with Crippen LogP contribution in [0.1, 0.15) is 11.1 Å². The molecule has 3 aromatic carbocycles. The SMILES string of the molecule is O=C(CSc1ccc(Cl)cc1)N/N=C/c1ccc(OCc2ccc(Cl)c(Cl)c2)cc1. The maximum absolute atomic E-state index is 11.9. The van der Waals surface area contributed by atoms with Crippen LogP contribution in [0.2, 0.25) is 15.1 Å². The number of hydrazone groups is 1. The first kappa shape index (κ1) is 22.5. The fourth-order valence-corrected chi connectivity index (χ4v) is 3.47. The Balaban J connectivity index is 1.42. The second-order valence-electron chi connectivity index (χ2n) is 6.14. The van der Waals surface area contributed by atoms with Crippen molar-refractivity contribution in [3.63, 3.8) is 0 Å². The van der Waals surface area contributed by atoms with Crippen molar-refractivity contribution in [2.75, 3.05) is 5.75 Å². The molecule has 0 spiro atoms. The van der Waals surface area contributed by atoms with Crippen LogP contribution >= 0.6 is 46.6 Å². The summed E-state index contributed by atoms with van der Waals surface area (Å²) in [5.74, 6) is 0.787. The summed E-state index contributed by atoms with van der Waals surface area (Å²) in [5, 5.41) is 5.66. The maximum atomic E-state index is 11.9. The van der Waals surface area contributed by atoms with E-state index in [-0.39, 0.29) is 11.7 Å². The molecule has 154 valence electrons. The van der Waals surface area contributed by atoms with Crippen molar-refractivity contribution in [2.24, 2.45) is 5.10 Å². The van der Waals surface area contributed by atoms with Gasteiger partial charge in [0.15, 0.2) is 0 Å². The van der Waals surface area contributed by atoms with Gasteiger partial charge in [0.1, 0.15) is 12.4 Å². The molecule has 0 unspecified atom stereocenters. The molecule has 8 heteroatoms. The van der Waals surface area contributed by atoms with Gasteiger partial charge in [-0.1, -0.05) is 40.9 Å². The number of hydrogen-bond donors (Lipinski definition) is 1. The van der Waals surface area contributed by atoms with Crippen LogP contribution in [0.4, 0.5) is 0 Å². The number of halogens is 3. The van der Waals surface area contributed by atoms with Gasteiger partial charge in [0.2, 0.25) is 5.91 Å². The fourth-order valence-electron chi connectivity index (χ4n) is 2.34. The molecule has 0 bridgehead atoms. The minimum atomic E-state index is -0.187. The lowest BCUT2D eigenvalue weighted by Crippen LogP contribution is -2.19. The van der Waals surface area contributed by atoms with E-state index < -0.39 is 0 Å². The smallest absolute Gasteiger partial charge is 0.250 e. The van der Waals surface area contributed by atoms with Crippen molar-refractivity contribution in [2.45, 2.75) is 11.5 Å². The van der Waals surface area contributed by atoms with Gasteiger partial charge in [-0.25, -0.2) is 5.43 Å².